The Bertz CT molecular complexity index is 605. The van der Waals surface area contributed by atoms with Gasteiger partial charge in [-0.25, -0.2) is 0 Å². The van der Waals surface area contributed by atoms with Gasteiger partial charge in [-0.3, -0.25) is 4.68 Å². The zero-order chi connectivity index (χ0) is 15.5. The molecular weight excluding hydrogens is 268 g/mol. The molecule has 2 rings (SSSR count). The van der Waals surface area contributed by atoms with Crippen molar-refractivity contribution in [2.24, 2.45) is 7.05 Å². The third-order valence-corrected chi connectivity index (χ3v) is 3.36. The fraction of sp³-hybridized carbons (Fsp3) is 0.438. The number of hydrogen-bond donors (Lipinski definition) is 1. The average molecular weight is 290 g/mol. The predicted molar refractivity (Wildman–Crippen MR) is 80.8 cm³/mol. The minimum atomic E-state index is -0.867. The first-order chi connectivity index (χ1) is 9.93. The van der Waals surface area contributed by atoms with Crippen molar-refractivity contribution in [3.8, 4) is 11.5 Å². The second-order valence-corrected chi connectivity index (χ2v) is 5.52. The van der Waals surface area contributed by atoms with E-state index < -0.39 is 5.60 Å². The molecule has 114 valence electrons. The topological polar surface area (TPSA) is 56.5 Å². The fourth-order valence-electron chi connectivity index (χ4n) is 2.44. The molecule has 1 heterocycles. The zero-order valence-electron chi connectivity index (χ0n) is 13.0. The molecule has 1 atom stereocenters. The van der Waals surface area contributed by atoms with Crippen LogP contribution in [0.3, 0.4) is 0 Å². The number of aromatic nitrogens is 2. The summed E-state index contributed by atoms with van der Waals surface area (Å²) in [6, 6.07) is 7.61. The van der Waals surface area contributed by atoms with Crippen LogP contribution in [0.25, 0.3) is 0 Å². The van der Waals surface area contributed by atoms with Gasteiger partial charge in [0.1, 0.15) is 0 Å². The maximum absolute atomic E-state index is 10.6. The standard InChI is InChI=1S/C16H22N2O3/c1-16(19,11-13-7-8-18(2)17-13)10-12-5-6-14(20-3)15(9-12)21-4/h5-9,19H,10-11H2,1-4H3. The molecule has 0 saturated carbocycles. The van der Waals surface area contributed by atoms with Crippen molar-refractivity contribution in [2.45, 2.75) is 25.4 Å². The van der Waals surface area contributed by atoms with E-state index in [9.17, 15) is 5.11 Å². The van der Waals surface area contributed by atoms with Gasteiger partial charge in [-0.2, -0.15) is 5.10 Å². The molecule has 0 aliphatic carbocycles. The number of ether oxygens (including phenoxy) is 2. The molecular formula is C16H22N2O3. The summed E-state index contributed by atoms with van der Waals surface area (Å²) in [5.41, 5.74) is 1.00. The first kappa shape index (κ1) is 15.4. The summed E-state index contributed by atoms with van der Waals surface area (Å²) < 4.78 is 12.2. The van der Waals surface area contributed by atoms with Gasteiger partial charge >= 0.3 is 0 Å². The number of aryl methyl sites for hydroxylation is 1. The van der Waals surface area contributed by atoms with Gasteiger partial charge in [0.05, 0.1) is 25.5 Å². The molecule has 1 N–H and O–H groups in total. The second-order valence-electron chi connectivity index (χ2n) is 5.52. The zero-order valence-corrected chi connectivity index (χ0v) is 13.0. The van der Waals surface area contributed by atoms with Crippen LogP contribution in [-0.2, 0) is 19.9 Å². The van der Waals surface area contributed by atoms with Crippen molar-refractivity contribution in [2.75, 3.05) is 14.2 Å². The SMILES string of the molecule is COc1ccc(CC(C)(O)Cc2ccn(C)n2)cc1OC. The van der Waals surface area contributed by atoms with Crippen LogP contribution in [0.2, 0.25) is 0 Å². The Morgan fingerprint density at radius 3 is 2.43 bits per heavy atom. The van der Waals surface area contributed by atoms with Crippen LogP contribution in [-0.4, -0.2) is 34.7 Å². The second kappa shape index (κ2) is 6.18. The van der Waals surface area contributed by atoms with Crippen LogP contribution >= 0.6 is 0 Å². The first-order valence-corrected chi connectivity index (χ1v) is 6.85. The van der Waals surface area contributed by atoms with Crippen LogP contribution in [0.1, 0.15) is 18.2 Å². The normalized spacial score (nSPS) is 13.8. The summed E-state index contributed by atoms with van der Waals surface area (Å²) >= 11 is 0. The molecule has 0 spiro atoms. The van der Waals surface area contributed by atoms with Crippen LogP contribution in [0.4, 0.5) is 0 Å². The Kier molecular flexibility index (Phi) is 4.53. The van der Waals surface area contributed by atoms with Crippen LogP contribution < -0.4 is 9.47 Å². The highest BCUT2D eigenvalue weighted by atomic mass is 16.5. The fourth-order valence-corrected chi connectivity index (χ4v) is 2.44. The van der Waals surface area contributed by atoms with E-state index >= 15 is 0 Å². The molecule has 5 nitrogen and oxygen atoms in total. The third kappa shape index (κ3) is 3.98. The minimum Gasteiger partial charge on any atom is -0.493 e. The molecule has 0 saturated heterocycles. The summed E-state index contributed by atoms with van der Waals surface area (Å²) in [6.45, 7) is 1.82. The molecule has 0 radical (unpaired) electrons. The summed E-state index contributed by atoms with van der Waals surface area (Å²) in [6.07, 6.45) is 2.90. The van der Waals surface area contributed by atoms with Gasteiger partial charge < -0.3 is 14.6 Å². The molecule has 0 aliphatic heterocycles. The van der Waals surface area contributed by atoms with E-state index in [1.165, 1.54) is 0 Å². The van der Waals surface area contributed by atoms with Gasteiger partial charge in [-0.1, -0.05) is 6.07 Å². The molecule has 0 fully saturated rings. The summed E-state index contributed by atoms with van der Waals surface area (Å²) in [5, 5.41) is 14.9. The molecule has 1 unspecified atom stereocenters. The Morgan fingerprint density at radius 1 is 1.14 bits per heavy atom. The number of hydrogen-bond acceptors (Lipinski definition) is 4. The molecule has 1 aromatic heterocycles. The average Bonchev–Trinajstić information content (AvgIpc) is 2.82. The van der Waals surface area contributed by atoms with Crippen molar-refractivity contribution in [3.63, 3.8) is 0 Å². The van der Waals surface area contributed by atoms with E-state index in [4.69, 9.17) is 9.47 Å². The van der Waals surface area contributed by atoms with Gasteiger partial charge in [0.2, 0.25) is 0 Å². The maximum Gasteiger partial charge on any atom is 0.160 e. The lowest BCUT2D eigenvalue weighted by atomic mass is 9.92. The van der Waals surface area contributed by atoms with Crippen LogP contribution in [0.15, 0.2) is 30.5 Å². The summed E-state index contributed by atoms with van der Waals surface area (Å²) in [7, 11) is 5.08. The van der Waals surface area contributed by atoms with E-state index in [1.807, 2.05) is 44.4 Å². The lowest BCUT2D eigenvalue weighted by Crippen LogP contribution is -2.30. The number of nitrogens with zero attached hydrogens (tertiary/aromatic N) is 2. The van der Waals surface area contributed by atoms with Gasteiger partial charge in [-0.05, 0) is 30.7 Å². The highest BCUT2D eigenvalue weighted by Crippen LogP contribution is 2.29. The first-order valence-electron chi connectivity index (χ1n) is 6.85. The van der Waals surface area contributed by atoms with Crippen LogP contribution in [0, 0.1) is 0 Å². The van der Waals surface area contributed by atoms with Crippen molar-refractivity contribution in [3.05, 3.63) is 41.7 Å². The predicted octanol–water partition coefficient (Wildman–Crippen LogP) is 1.97. The van der Waals surface area contributed by atoms with Crippen molar-refractivity contribution < 1.29 is 14.6 Å². The highest BCUT2D eigenvalue weighted by Gasteiger charge is 2.23. The minimum absolute atomic E-state index is 0.502. The van der Waals surface area contributed by atoms with E-state index in [1.54, 1.807) is 18.9 Å². The van der Waals surface area contributed by atoms with Gasteiger partial charge in [0.15, 0.2) is 11.5 Å². The van der Waals surface area contributed by atoms with E-state index in [0.717, 1.165) is 11.3 Å². The largest absolute Gasteiger partial charge is 0.493 e. The quantitative estimate of drug-likeness (QED) is 0.884. The molecule has 5 heteroatoms. The van der Waals surface area contributed by atoms with Crippen LogP contribution in [0.5, 0.6) is 11.5 Å². The third-order valence-electron chi connectivity index (χ3n) is 3.36. The highest BCUT2D eigenvalue weighted by molar-refractivity contribution is 5.43. The molecule has 0 amide bonds. The van der Waals surface area contributed by atoms with Crippen molar-refractivity contribution >= 4 is 0 Å². The Labute approximate surface area is 125 Å². The molecule has 1 aromatic carbocycles. The monoisotopic (exact) mass is 290 g/mol. The molecule has 0 aliphatic rings. The van der Waals surface area contributed by atoms with E-state index in [-0.39, 0.29) is 0 Å². The number of aliphatic hydroxyl groups is 1. The number of methoxy groups -OCH3 is 2. The Hall–Kier alpha value is -2.01. The lowest BCUT2D eigenvalue weighted by molar-refractivity contribution is 0.0596. The van der Waals surface area contributed by atoms with Crippen molar-refractivity contribution in [1.29, 1.82) is 0 Å². The lowest BCUT2D eigenvalue weighted by Gasteiger charge is -2.23. The summed E-state index contributed by atoms with van der Waals surface area (Å²) in [4.78, 5) is 0. The Morgan fingerprint density at radius 2 is 1.86 bits per heavy atom. The van der Waals surface area contributed by atoms with E-state index in [2.05, 4.69) is 5.10 Å². The Balaban J connectivity index is 2.12. The van der Waals surface area contributed by atoms with E-state index in [0.29, 0.717) is 24.3 Å². The molecule has 0 bridgehead atoms. The smallest absolute Gasteiger partial charge is 0.160 e. The van der Waals surface area contributed by atoms with Gasteiger partial charge in [0, 0.05) is 26.1 Å². The summed E-state index contributed by atoms with van der Waals surface area (Å²) in [5.74, 6) is 1.36. The molecule has 2 aromatic rings. The van der Waals surface area contributed by atoms with Gasteiger partial charge in [-0.15, -0.1) is 0 Å². The number of rotatable bonds is 6. The molecule has 21 heavy (non-hydrogen) atoms. The number of benzene rings is 1. The van der Waals surface area contributed by atoms with Gasteiger partial charge in [0.25, 0.3) is 0 Å². The maximum atomic E-state index is 10.6. The van der Waals surface area contributed by atoms with Crippen molar-refractivity contribution in [1.82, 2.24) is 9.78 Å².